The molecular formula is C18H19ClN6O. The number of fused-ring (bicyclic) bond motifs is 2. The lowest BCUT2D eigenvalue weighted by atomic mass is 9.77. The molecule has 1 aromatic carbocycles. The molecule has 2 aromatic heterocycles. The summed E-state index contributed by atoms with van der Waals surface area (Å²) in [5, 5.41) is 15.5. The first-order chi connectivity index (χ1) is 12.7. The zero-order chi connectivity index (χ0) is 17.7. The van der Waals surface area contributed by atoms with Crippen LogP contribution >= 0.6 is 11.6 Å². The number of hydrogen-bond acceptors (Lipinski definition) is 6. The maximum absolute atomic E-state index is 10.6. The van der Waals surface area contributed by atoms with E-state index in [4.69, 9.17) is 16.6 Å². The predicted octanol–water partition coefficient (Wildman–Crippen LogP) is 2.32. The van der Waals surface area contributed by atoms with Crippen LogP contribution in [0.1, 0.15) is 18.9 Å². The van der Waals surface area contributed by atoms with Gasteiger partial charge in [0.1, 0.15) is 18.5 Å². The van der Waals surface area contributed by atoms with Crippen LogP contribution in [-0.4, -0.2) is 49.0 Å². The Kier molecular flexibility index (Phi) is 3.79. The van der Waals surface area contributed by atoms with Gasteiger partial charge < -0.3 is 10.0 Å². The summed E-state index contributed by atoms with van der Waals surface area (Å²) in [7, 11) is 0. The third kappa shape index (κ3) is 2.71. The molecule has 1 saturated heterocycles. The molecule has 1 aliphatic heterocycles. The second-order valence-corrected chi connectivity index (χ2v) is 7.70. The van der Waals surface area contributed by atoms with Crippen molar-refractivity contribution in [3.63, 3.8) is 0 Å². The quantitative estimate of drug-likeness (QED) is 0.745. The molecule has 3 aromatic rings. The molecule has 2 aliphatic rings. The molecule has 0 unspecified atom stereocenters. The number of nitrogens with zero attached hydrogens (tertiary/aromatic N) is 6. The highest BCUT2D eigenvalue weighted by molar-refractivity contribution is 6.31. The molecule has 0 bridgehead atoms. The molecule has 0 radical (unpaired) electrons. The Balaban J connectivity index is 1.38. The zero-order valence-corrected chi connectivity index (χ0v) is 14.9. The summed E-state index contributed by atoms with van der Waals surface area (Å²) in [4.78, 5) is 15.6. The van der Waals surface area contributed by atoms with Crippen LogP contribution in [0.15, 0.2) is 37.1 Å². The summed E-state index contributed by atoms with van der Waals surface area (Å²) < 4.78 is 1.79. The van der Waals surface area contributed by atoms with Gasteiger partial charge in [-0.1, -0.05) is 11.6 Å². The van der Waals surface area contributed by atoms with Crippen LogP contribution in [0, 0.1) is 11.8 Å². The summed E-state index contributed by atoms with van der Waals surface area (Å²) >= 11 is 6.02. The van der Waals surface area contributed by atoms with Crippen molar-refractivity contribution in [3.05, 3.63) is 42.1 Å². The van der Waals surface area contributed by atoms with Crippen molar-refractivity contribution in [2.24, 2.45) is 11.8 Å². The lowest BCUT2D eigenvalue weighted by Gasteiger charge is -2.34. The topological polar surface area (TPSA) is 80.0 Å². The van der Waals surface area contributed by atoms with E-state index in [1.807, 2.05) is 24.4 Å². The zero-order valence-electron chi connectivity index (χ0n) is 14.1. The summed E-state index contributed by atoms with van der Waals surface area (Å²) in [6, 6.07) is 5.58. The van der Waals surface area contributed by atoms with Gasteiger partial charge in [-0.3, -0.25) is 4.98 Å². The molecule has 134 valence electrons. The molecule has 1 N–H and O–H groups in total. The van der Waals surface area contributed by atoms with Gasteiger partial charge >= 0.3 is 0 Å². The number of hydrogen-bond donors (Lipinski definition) is 1. The Bertz CT molecular complexity index is 933. The number of anilines is 1. The van der Waals surface area contributed by atoms with Crippen LogP contribution in [0.2, 0.25) is 5.02 Å². The van der Waals surface area contributed by atoms with E-state index in [1.54, 1.807) is 11.0 Å². The highest BCUT2D eigenvalue weighted by Crippen LogP contribution is 2.42. The van der Waals surface area contributed by atoms with Gasteiger partial charge in [-0.05, 0) is 42.9 Å². The van der Waals surface area contributed by atoms with E-state index in [0.29, 0.717) is 16.9 Å². The van der Waals surface area contributed by atoms with Crippen molar-refractivity contribution in [1.29, 1.82) is 0 Å². The van der Waals surface area contributed by atoms with E-state index in [9.17, 15) is 5.11 Å². The summed E-state index contributed by atoms with van der Waals surface area (Å²) in [6.45, 7) is 1.83. The first-order valence-corrected chi connectivity index (χ1v) is 9.24. The van der Waals surface area contributed by atoms with Crippen LogP contribution in [0.25, 0.3) is 11.0 Å². The molecule has 1 aliphatic carbocycles. The molecule has 0 spiro atoms. The van der Waals surface area contributed by atoms with Gasteiger partial charge in [0.05, 0.1) is 29.4 Å². The third-order valence-electron chi connectivity index (χ3n) is 5.70. The van der Waals surface area contributed by atoms with Gasteiger partial charge in [-0.15, -0.1) is 0 Å². The Labute approximate surface area is 155 Å². The average Bonchev–Trinajstić information content (AvgIpc) is 3.29. The second-order valence-electron chi connectivity index (χ2n) is 7.27. The average molecular weight is 371 g/mol. The van der Waals surface area contributed by atoms with Gasteiger partial charge in [0.2, 0.25) is 0 Å². The van der Waals surface area contributed by atoms with Crippen LogP contribution in [0.4, 0.5) is 5.82 Å². The lowest BCUT2D eigenvalue weighted by molar-refractivity contribution is 0.0305. The lowest BCUT2D eigenvalue weighted by Crippen LogP contribution is -2.36. The monoisotopic (exact) mass is 370 g/mol. The van der Waals surface area contributed by atoms with Crippen LogP contribution in [0.3, 0.4) is 0 Å². The van der Waals surface area contributed by atoms with Crippen molar-refractivity contribution in [2.75, 3.05) is 18.0 Å². The Hall–Kier alpha value is -2.25. The highest BCUT2D eigenvalue weighted by Gasteiger charge is 2.43. The van der Waals surface area contributed by atoms with Crippen molar-refractivity contribution in [2.45, 2.75) is 25.0 Å². The number of benzene rings is 1. The molecule has 4 atom stereocenters. The highest BCUT2D eigenvalue weighted by atomic mass is 35.5. The Morgan fingerprint density at radius 3 is 2.77 bits per heavy atom. The van der Waals surface area contributed by atoms with Gasteiger partial charge in [0.25, 0.3) is 0 Å². The van der Waals surface area contributed by atoms with E-state index in [0.717, 1.165) is 42.8 Å². The van der Waals surface area contributed by atoms with E-state index in [-0.39, 0.29) is 12.1 Å². The minimum absolute atomic E-state index is 0.00327. The van der Waals surface area contributed by atoms with E-state index < -0.39 is 0 Å². The standard InChI is InChI=1S/C18H19ClN6O/c19-13-1-2-14-15(5-13)21-6-18(23-14)24-7-11-3-16(25-10-20-9-22-25)17(26)4-12(11)8-24/h1-2,5-6,9-12,16-17,26H,3-4,7-8H2/t11-,12+,16-,17-/m1/s1. The Morgan fingerprint density at radius 1 is 1.12 bits per heavy atom. The fourth-order valence-corrected chi connectivity index (χ4v) is 4.56. The first-order valence-electron chi connectivity index (χ1n) is 8.87. The smallest absolute Gasteiger partial charge is 0.147 e. The SMILES string of the molecule is O[C@@H]1C[C@H]2CN(c3cnc4cc(Cl)ccc4n3)C[C@H]2C[C@H]1n1cncn1. The van der Waals surface area contributed by atoms with E-state index >= 15 is 0 Å². The fraction of sp³-hybridized carbons (Fsp3) is 0.444. The van der Waals surface area contributed by atoms with E-state index in [2.05, 4.69) is 20.0 Å². The van der Waals surface area contributed by atoms with Crippen LogP contribution in [0.5, 0.6) is 0 Å². The van der Waals surface area contributed by atoms with Crippen LogP contribution < -0.4 is 4.90 Å². The van der Waals surface area contributed by atoms with Crippen molar-refractivity contribution >= 4 is 28.5 Å². The molecule has 1 saturated carbocycles. The minimum Gasteiger partial charge on any atom is -0.391 e. The number of aliphatic hydroxyl groups excluding tert-OH is 1. The molecule has 5 rings (SSSR count). The van der Waals surface area contributed by atoms with Gasteiger partial charge in [-0.2, -0.15) is 5.10 Å². The van der Waals surface area contributed by atoms with Crippen molar-refractivity contribution in [3.8, 4) is 0 Å². The largest absolute Gasteiger partial charge is 0.391 e. The maximum atomic E-state index is 10.6. The predicted molar refractivity (Wildman–Crippen MR) is 98.0 cm³/mol. The van der Waals surface area contributed by atoms with Crippen LogP contribution in [-0.2, 0) is 0 Å². The third-order valence-corrected chi connectivity index (χ3v) is 5.94. The summed E-state index contributed by atoms with van der Waals surface area (Å²) in [5.41, 5.74) is 1.65. The number of halogens is 1. The van der Waals surface area contributed by atoms with Crippen molar-refractivity contribution < 1.29 is 5.11 Å². The molecule has 8 heteroatoms. The molecule has 0 amide bonds. The van der Waals surface area contributed by atoms with E-state index in [1.165, 1.54) is 6.33 Å². The number of aliphatic hydroxyl groups is 1. The fourth-order valence-electron chi connectivity index (χ4n) is 4.39. The first kappa shape index (κ1) is 16.0. The number of aromatic nitrogens is 5. The maximum Gasteiger partial charge on any atom is 0.147 e. The molecule has 3 heterocycles. The van der Waals surface area contributed by atoms with Gasteiger partial charge in [-0.25, -0.2) is 14.6 Å². The molecule has 26 heavy (non-hydrogen) atoms. The molecule has 2 fully saturated rings. The van der Waals surface area contributed by atoms with Gasteiger partial charge in [0, 0.05) is 18.1 Å². The second kappa shape index (κ2) is 6.17. The van der Waals surface area contributed by atoms with Gasteiger partial charge in [0.15, 0.2) is 0 Å². The molecular weight excluding hydrogens is 352 g/mol. The summed E-state index contributed by atoms with van der Waals surface area (Å²) in [6.07, 6.45) is 6.34. The van der Waals surface area contributed by atoms with Crippen molar-refractivity contribution in [1.82, 2.24) is 24.7 Å². The Morgan fingerprint density at radius 2 is 1.96 bits per heavy atom. The molecule has 7 nitrogen and oxygen atoms in total. The summed E-state index contributed by atoms with van der Waals surface area (Å²) in [5.74, 6) is 1.86. The normalized spacial score (nSPS) is 28.5. The number of rotatable bonds is 2. The minimum atomic E-state index is -0.386.